The molecule has 0 radical (unpaired) electrons. The predicted octanol–water partition coefficient (Wildman–Crippen LogP) is 5.71. The number of nitrogens with zero attached hydrogens (tertiary/aromatic N) is 1. The van der Waals surface area contributed by atoms with E-state index in [-0.39, 0.29) is 28.2 Å². The summed E-state index contributed by atoms with van der Waals surface area (Å²) in [6.45, 7) is 0.0962. The lowest BCUT2D eigenvalue weighted by molar-refractivity contribution is -0.123. The van der Waals surface area contributed by atoms with Crippen LogP contribution in [0.5, 0.6) is 11.5 Å². The molecule has 1 N–H and O–H groups in total. The van der Waals surface area contributed by atoms with E-state index < -0.39 is 5.91 Å². The number of carbonyl (C=O) groups excluding carboxylic acids is 2. The first-order chi connectivity index (χ1) is 12.8. The summed E-state index contributed by atoms with van der Waals surface area (Å²) >= 11 is 16.1. The third-order valence-electron chi connectivity index (χ3n) is 3.78. The summed E-state index contributed by atoms with van der Waals surface area (Å²) in [5.41, 5.74) is 1.30. The van der Waals surface area contributed by atoms with Crippen molar-refractivity contribution in [3.63, 3.8) is 0 Å². The van der Waals surface area contributed by atoms with Gasteiger partial charge in [-0.15, -0.1) is 0 Å². The van der Waals surface area contributed by atoms with Crippen LogP contribution >= 0.6 is 50.9 Å². The standard InChI is InChI=1S/C18H12BrCl2NO4S/c1-26-15-5-10(11(19)7-14(15)23)6-16-17(24)22(18(25)27-16)8-9-2-3-12(20)13(21)4-9/h2-7,23H,8H2,1H3/b16-6-. The predicted molar refractivity (Wildman–Crippen MR) is 110 cm³/mol. The molecular formula is C18H12BrCl2NO4S. The smallest absolute Gasteiger partial charge is 0.293 e. The Morgan fingerprint density at radius 3 is 2.63 bits per heavy atom. The zero-order valence-corrected chi connectivity index (χ0v) is 17.7. The van der Waals surface area contributed by atoms with Crippen LogP contribution in [0, 0.1) is 0 Å². The second kappa shape index (κ2) is 8.14. The van der Waals surface area contributed by atoms with Crippen molar-refractivity contribution in [3.05, 3.63) is 60.9 Å². The number of imide groups is 1. The van der Waals surface area contributed by atoms with Crippen LogP contribution in [-0.2, 0) is 11.3 Å². The van der Waals surface area contributed by atoms with Crippen molar-refractivity contribution in [2.75, 3.05) is 7.11 Å². The van der Waals surface area contributed by atoms with Crippen LogP contribution < -0.4 is 4.74 Å². The molecule has 9 heteroatoms. The molecule has 1 saturated heterocycles. The molecule has 1 fully saturated rings. The number of ether oxygens (including phenoxy) is 1. The lowest BCUT2D eigenvalue weighted by Gasteiger charge is -2.13. The minimum atomic E-state index is -0.407. The molecule has 3 rings (SSSR count). The van der Waals surface area contributed by atoms with E-state index in [1.54, 1.807) is 30.3 Å². The highest BCUT2D eigenvalue weighted by atomic mass is 79.9. The van der Waals surface area contributed by atoms with E-state index in [1.807, 2.05) is 0 Å². The minimum Gasteiger partial charge on any atom is -0.504 e. The normalized spacial score (nSPS) is 15.7. The van der Waals surface area contributed by atoms with Crippen LogP contribution in [0.15, 0.2) is 39.7 Å². The van der Waals surface area contributed by atoms with Crippen molar-refractivity contribution in [3.8, 4) is 11.5 Å². The Hall–Kier alpha value is -1.67. The van der Waals surface area contributed by atoms with Gasteiger partial charge in [0.05, 0.1) is 28.6 Å². The number of aromatic hydroxyl groups is 1. The van der Waals surface area contributed by atoms with Crippen molar-refractivity contribution >= 4 is 68.1 Å². The van der Waals surface area contributed by atoms with E-state index >= 15 is 0 Å². The maximum Gasteiger partial charge on any atom is 0.293 e. The summed E-state index contributed by atoms with van der Waals surface area (Å²) in [5.74, 6) is -0.177. The molecule has 0 aliphatic carbocycles. The first kappa shape index (κ1) is 20.1. The van der Waals surface area contributed by atoms with Crippen LogP contribution in [0.4, 0.5) is 4.79 Å². The number of benzene rings is 2. The van der Waals surface area contributed by atoms with Gasteiger partial charge in [-0.25, -0.2) is 0 Å². The molecule has 2 aromatic rings. The molecule has 0 atom stereocenters. The fourth-order valence-electron chi connectivity index (χ4n) is 2.43. The molecule has 1 aliphatic rings. The van der Waals surface area contributed by atoms with Crippen molar-refractivity contribution in [2.45, 2.75) is 6.54 Å². The van der Waals surface area contributed by atoms with Gasteiger partial charge in [0, 0.05) is 4.47 Å². The summed E-state index contributed by atoms with van der Waals surface area (Å²) in [5, 5.41) is 10.2. The van der Waals surface area contributed by atoms with E-state index in [0.29, 0.717) is 25.6 Å². The van der Waals surface area contributed by atoms with Crippen molar-refractivity contribution in [2.24, 2.45) is 0 Å². The Balaban J connectivity index is 1.87. The third-order valence-corrected chi connectivity index (χ3v) is 6.12. The fraction of sp³-hybridized carbons (Fsp3) is 0.111. The summed E-state index contributed by atoms with van der Waals surface area (Å²) in [7, 11) is 1.43. The van der Waals surface area contributed by atoms with Crippen LogP contribution in [-0.4, -0.2) is 28.3 Å². The number of hydrogen-bond donors (Lipinski definition) is 1. The number of methoxy groups -OCH3 is 1. The van der Waals surface area contributed by atoms with E-state index in [1.165, 1.54) is 13.2 Å². The zero-order chi connectivity index (χ0) is 19.7. The van der Waals surface area contributed by atoms with Gasteiger partial charge in [0.2, 0.25) is 0 Å². The molecule has 5 nitrogen and oxygen atoms in total. The van der Waals surface area contributed by atoms with Gasteiger partial charge in [0.15, 0.2) is 11.5 Å². The van der Waals surface area contributed by atoms with E-state index in [0.717, 1.165) is 16.7 Å². The van der Waals surface area contributed by atoms with Gasteiger partial charge in [0.25, 0.3) is 11.1 Å². The number of phenolic OH excluding ortho intramolecular Hbond substituents is 1. The molecule has 1 aliphatic heterocycles. The highest BCUT2D eigenvalue weighted by molar-refractivity contribution is 9.10. The molecule has 0 spiro atoms. The lowest BCUT2D eigenvalue weighted by Crippen LogP contribution is -2.27. The number of phenols is 1. The highest BCUT2D eigenvalue weighted by Gasteiger charge is 2.35. The number of rotatable bonds is 4. The van der Waals surface area contributed by atoms with E-state index in [2.05, 4.69) is 15.9 Å². The van der Waals surface area contributed by atoms with Crippen LogP contribution in [0.3, 0.4) is 0 Å². The van der Waals surface area contributed by atoms with Gasteiger partial charge in [-0.3, -0.25) is 14.5 Å². The Kier molecular flexibility index (Phi) is 6.05. The first-order valence-electron chi connectivity index (χ1n) is 7.56. The molecule has 0 aromatic heterocycles. The number of hydrogen-bond acceptors (Lipinski definition) is 5. The summed E-state index contributed by atoms with van der Waals surface area (Å²) < 4.78 is 5.65. The largest absolute Gasteiger partial charge is 0.504 e. The van der Waals surface area contributed by atoms with Crippen molar-refractivity contribution in [1.82, 2.24) is 4.90 Å². The van der Waals surface area contributed by atoms with Gasteiger partial charge in [-0.05, 0) is 53.2 Å². The molecule has 140 valence electrons. The molecule has 0 unspecified atom stereocenters. The third kappa shape index (κ3) is 4.27. The maximum absolute atomic E-state index is 12.7. The molecule has 27 heavy (non-hydrogen) atoms. The molecule has 2 amide bonds. The maximum atomic E-state index is 12.7. The van der Waals surface area contributed by atoms with Crippen LogP contribution in [0.25, 0.3) is 6.08 Å². The van der Waals surface area contributed by atoms with Gasteiger partial charge in [0.1, 0.15) is 0 Å². The first-order valence-corrected chi connectivity index (χ1v) is 9.92. The minimum absolute atomic E-state index is 0.0331. The van der Waals surface area contributed by atoms with Crippen molar-refractivity contribution in [1.29, 1.82) is 0 Å². The Bertz CT molecular complexity index is 980. The van der Waals surface area contributed by atoms with Gasteiger partial charge >= 0.3 is 0 Å². The topological polar surface area (TPSA) is 66.8 Å². The number of carbonyl (C=O) groups is 2. The monoisotopic (exact) mass is 487 g/mol. The molecule has 0 bridgehead atoms. The SMILES string of the molecule is COc1cc(/C=C2\SC(=O)N(Cc3ccc(Cl)c(Cl)c3)C2=O)c(Br)cc1O. The quantitative estimate of drug-likeness (QED) is 0.558. The summed E-state index contributed by atoms with van der Waals surface area (Å²) in [6, 6.07) is 7.99. The molecular weight excluding hydrogens is 477 g/mol. The molecule has 0 saturated carbocycles. The highest BCUT2D eigenvalue weighted by Crippen LogP contribution is 2.38. The average molecular weight is 489 g/mol. The summed E-state index contributed by atoms with van der Waals surface area (Å²) in [6.07, 6.45) is 1.58. The number of halogens is 3. The van der Waals surface area contributed by atoms with Gasteiger partial charge in [-0.1, -0.05) is 45.2 Å². The zero-order valence-electron chi connectivity index (χ0n) is 13.8. The summed E-state index contributed by atoms with van der Waals surface area (Å²) in [4.78, 5) is 26.4. The Morgan fingerprint density at radius 2 is 1.96 bits per heavy atom. The Morgan fingerprint density at radius 1 is 1.22 bits per heavy atom. The van der Waals surface area contributed by atoms with Gasteiger partial charge in [-0.2, -0.15) is 0 Å². The number of thioether (sulfide) groups is 1. The van der Waals surface area contributed by atoms with Crippen molar-refractivity contribution < 1.29 is 19.4 Å². The lowest BCUT2D eigenvalue weighted by atomic mass is 10.1. The number of amides is 2. The van der Waals surface area contributed by atoms with Gasteiger partial charge < -0.3 is 9.84 Å². The second-order valence-electron chi connectivity index (χ2n) is 5.56. The molecule has 2 aromatic carbocycles. The Labute approximate surface area is 178 Å². The van der Waals surface area contributed by atoms with E-state index in [9.17, 15) is 14.7 Å². The second-order valence-corrected chi connectivity index (χ2v) is 8.22. The van der Waals surface area contributed by atoms with Crippen LogP contribution in [0.2, 0.25) is 10.0 Å². The molecule has 1 heterocycles. The van der Waals surface area contributed by atoms with Crippen LogP contribution in [0.1, 0.15) is 11.1 Å². The van der Waals surface area contributed by atoms with E-state index in [4.69, 9.17) is 27.9 Å². The average Bonchev–Trinajstić information content (AvgIpc) is 2.88. The fourth-order valence-corrected chi connectivity index (χ4v) is 4.03.